The van der Waals surface area contributed by atoms with Crippen LogP contribution in [0.3, 0.4) is 0 Å². The highest BCUT2D eigenvalue weighted by molar-refractivity contribution is 5.64. The Balaban J connectivity index is 2.51. The molecule has 21 heavy (non-hydrogen) atoms. The van der Waals surface area contributed by atoms with Gasteiger partial charge in [-0.05, 0) is 52.4 Å². The standard InChI is InChI=1S/C15H22N4O2/c1-12(2)18(3)9-5-4-8-17-14-10-13(11-16)6-7-15(14)19(20)21/h6-7,10,12,17H,4-5,8-9H2,1-3H3. The molecule has 0 aliphatic rings. The fraction of sp³-hybridized carbons (Fsp3) is 0.533. The van der Waals surface area contributed by atoms with Crippen LogP contribution in [-0.4, -0.2) is 36.0 Å². The lowest BCUT2D eigenvalue weighted by Gasteiger charge is -2.20. The summed E-state index contributed by atoms with van der Waals surface area (Å²) < 4.78 is 0. The molecule has 0 bridgehead atoms. The Morgan fingerprint density at radius 2 is 2.14 bits per heavy atom. The molecule has 0 saturated carbocycles. The van der Waals surface area contributed by atoms with Gasteiger partial charge >= 0.3 is 0 Å². The molecule has 0 fully saturated rings. The molecular weight excluding hydrogens is 268 g/mol. The van der Waals surface area contributed by atoms with Crippen molar-refractivity contribution in [3.05, 3.63) is 33.9 Å². The number of nitriles is 1. The number of nitro benzene ring substituents is 1. The van der Waals surface area contributed by atoms with Crippen molar-refractivity contribution in [2.75, 3.05) is 25.5 Å². The van der Waals surface area contributed by atoms with Crippen molar-refractivity contribution in [3.63, 3.8) is 0 Å². The maximum Gasteiger partial charge on any atom is 0.292 e. The Morgan fingerprint density at radius 1 is 1.43 bits per heavy atom. The van der Waals surface area contributed by atoms with Gasteiger partial charge < -0.3 is 10.2 Å². The van der Waals surface area contributed by atoms with Crippen molar-refractivity contribution < 1.29 is 4.92 Å². The zero-order valence-corrected chi connectivity index (χ0v) is 12.8. The van der Waals surface area contributed by atoms with Crippen LogP contribution in [-0.2, 0) is 0 Å². The first kappa shape index (κ1) is 16.9. The van der Waals surface area contributed by atoms with Crippen molar-refractivity contribution >= 4 is 11.4 Å². The summed E-state index contributed by atoms with van der Waals surface area (Å²) in [5.74, 6) is 0. The number of benzene rings is 1. The van der Waals surface area contributed by atoms with Crippen molar-refractivity contribution in [1.82, 2.24) is 4.90 Å². The number of rotatable bonds is 8. The van der Waals surface area contributed by atoms with Crippen molar-refractivity contribution in [1.29, 1.82) is 5.26 Å². The summed E-state index contributed by atoms with van der Waals surface area (Å²) in [6, 6.07) is 6.87. The number of anilines is 1. The van der Waals surface area contributed by atoms with Gasteiger partial charge in [-0.1, -0.05) is 0 Å². The van der Waals surface area contributed by atoms with Gasteiger partial charge in [-0.3, -0.25) is 10.1 Å². The fourth-order valence-corrected chi connectivity index (χ4v) is 1.87. The number of nitro groups is 1. The van der Waals surface area contributed by atoms with E-state index in [1.807, 2.05) is 6.07 Å². The van der Waals surface area contributed by atoms with Crippen LogP contribution in [0.5, 0.6) is 0 Å². The number of hydrogen-bond donors (Lipinski definition) is 1. The zero-order chi connectivity index (χ0) is 15.8. The van der Waals surface area contributed by atoms with Crippen LogP contribution in [0.15, 0.2) is 18.2 Å². The largest absolute Gasteiger partial charge is 0.379 e. The molecule has 0 heterocycles. The lowest BCUT2D eigenvalue weighted by atomic mass is 10.2. The SMILES string of the molecule is CC(C)N(C)CCCCNc1cc(C#N)ccc1[N+](=O)[O-]. The van der Waals surface area contributed by atoms with Gasteiger partial charge in [0, 0.05) is 18.7 Å². The smallest absolute Gasteiger partial charge is 0.292 e. The lowest BCUT2D eigenvalue weighted by molar-refractivity contribution is -0.384. The van der Waals surface area contributed by atoms with E-state index < -0.39 is 4.92 Å². The normalized spacial score (nSPS) is 10.7. The molecular formula is C15H22N4O2. The van der Waals surface area contributed by atoms with E-state index in [9.17, 15) is 10.1 Å². The summed E-state index contributed by atoms with van der Waals surface area (Å²) in [5.41, 5.74) is 0.840. The topological polar surface area (TPSA) is 82.2 Å². The molecule has 0 atom stereocenters. The Kier molecular flexibility index (Phi) is 6.63. The number of nitrogens with one attached hydrogen (secondary N) is 1. The van der Waals surface area contributed by atoms with Crippen molar-refractivity contribution in [2.24, 2.45) is 0 Å². The molecule has 0 spiro atoms. The van der Waals surface area contributed by atoms with Gasteiger partial charge in [0.1, 0.15) is 5.69 Å². The summed E-state index contributed by atoms with van der Waals surface area (Å²) >= 11 is 0. The van der Waals surface area contributed by atoms with Gasteiger partial charge in [-0.25, -0.2) is 0 Å². The quantitative estimate of drug-likeness (QED) is 0.452. The van der Waals surface area contributed by atoms with E-state index in [2.05, 4.69) is 31.1 Å². The summed E-state index contributed by atoms with van der Waals surface area (Å²) in [5, 5.41) is 22.9. The minimum Gasteiger partial charge on any atom is -0.379 e. The minimum atomic E-state index is -0.434. The summed E-state index contributed by atoms with van der Waals surface area (Å²) in [6.07, 6.45) is 1.94. The Labute approximate surface area is 125 Å². The second-order valence-corrected chi connectivity index (χ2v) is 5.31. The van der Waals surface area contributed by atoms with Crippen molar-refractivity contribution in [2.45, 2.75) is 32.7 Å². The van der Waals surface area contributed by atoms with E-state index in [1.54, 1.807) is 0 Å². The van der Waals surface area contributed by atoms with E-state index in [-0.39, 0.29) is 5.69 Å². The summed E-state index contributed by atoms with van der Waals surface area (Å²) in [7, 11) is 2.08. The highest BCUT2D eigenvalue weighted by atomic mass is 16.6. The second-order valence-electron chi connectivity index (χ2n) is 5.31. The summed E-state index contributed by atoms with van der Waals surface area (Å²) in [6.45, 7) is 5.95. The highest BCUT2D eigenvalue weighted by Gasteiger charge is 2.13. The number of unbranched alkanes of at least 4 members (excludes halogenated alkanes) is 1. The average molecular weight is 290 g/mol. The molecule has 1 rings (SSSR count). The first-order valence-electron chi connectivity index (χ1n) is 7.08. The molecule has 0 unspecified atom stereocenters. The Hall–Kier alpha value is -2.13. The molecule has 0 saturated heterocycles. The van der Waals surface area contributed by atoms with E-state index in [1.165, 1.54) is 18.2 Å². The predicted octanol–water partition coefficient (Wildman–Crippen LogP) is 3.00. The monoisotopic (exact) mass is 290 g/mol. The molecule has 1 aromatic carbocycles. The van der Waals surface area contributed by atoms with Crippen molar-refractivity contribution in [3.8, 4) is 6.07 Å². The van der Waals surface area contributed by atoms with Crippen LogP contribution in [0.1, 0.15) is 32.3 Å². The molecule has 0 aliphatic carbocycles. The van der Waals surface area contributed by atoms with Crippen LogP contribution in [0.4, 0.5) is 11.4 Å². The van der Waals surface area contributed by atoms with Gasteiger partial charge in [-0.15, -0.1) is 0 Å². The van der Waals surface area contributed by atoms with Crippen LogP contribution < -0.4 is 5.32 Å². The van der Waals surface area contributed by atoms with Gasteiger partial charge in [-0.2, -0.15) is 5.26 Å². The molecule has 1 aromatic rings. The molecule has 6 heteroatoms. The third-order valence-corrected chi connectivity index (χ3v) is 3.46. The minimum absolute atomic E-state index is 0.00768. The molecule has 0 amide bonds. The van der Waals surface area contributed by atoms with Crippen LogP contribution in [0.2, 0.25) is 0 Å². The van der Waals surface area contributed by atoms with E-state index >= 15 is 0 Å². The molecule has 0 radical (unpaired) electrons. The number of nitrogens with zero attached hydrogens (tertiary/aromatic N) is 3. The Morgan fingerprint density at radius 3 is 2.71 bits per heavy atom. The van der Waals surface area contributed by atoms with Crippen LogP contribution in [0.25, 0.3) is 0 Å². The highest BCUT2D eigenvalue weighted by Crippen LogP contribution is 2.25. The fourth-order valence-electron chi connectivity index (χ4n) is 1.87. The zero-order valence-electron chi connectivity index (χ0n) is 12.8. The van der Waals surface area contributed by atoms with Gasteiger partial charge in [0.2, 0.25) is 0 Å². The lowest BCUT2D eigenvalue weighted by Crippen LogP contribution is -2.27. The molecule has 0 aromatic heterocycles. The van der Waals surface area contributed by atoms with E-state index in [0.29, 0.717) is 23.8 Å². The van der Waals surface area contributed by atoms with Gasteiger partial charge in [0.05, 0.1) is 16.6 Å². The maximum atomic E-state index is 11.0. The average Bonchev–Trinajstić information content (AvgIpc) is 2.45. The second kappa shape index (κ2) is 8.22. The number of hydrogen-bond acceptors (Lipinski definition) is 5. The third-order valence-electron chi connectivity index (χ3n) is 3.46. The van der Waals surface area contributed by atoms with E-state index in [0.717, 1.165) is 19.4 Å². The Bertz CT molecular complexity index is 523. The first-order chi connectivity index (χ1) is 9.95. The molecule has 0 aliphatic heterocycles. The predicted molar refractivity (Wildman–Crippen MR) is 83.3 cm³/mol. The third kappa shape index (κ3) is 5.40. The van der Waals surface area contributed by atoms with Crippen LogP contribution >= 0.6 is 0 Å². The molecule has 6 nitrogen and oxygen atoms in total. The first-order valence-corrected chi connectivity index (χ1v) is 7.08. The molecule has 1 N–H and O–H groups in total. The van der Waals surface area contributed by atoms with Gasteiger partial charge in [0.15, 0.2) is 0 Å². The van der Waals surface area contributed by atoms with Gasteiger partial charge in [0.25, 0.3) is 5.69 Å². The van der Waals surface area contributed by atoms with E-state index in [4.69, 9.17) is 5.26 Å². The van der Waals surface area contributed by atoms with Crippen LogP contribution in [0, 0.1) is 21.4 Å². The summed E-state index contributed by atoms with van der Waals surface area (Å²) in [4.78, 5) is 12.8. The molecule has 114 valence electrons. The maximum absolute atomic E-state index is 11.0.